The van der Waals surface area contributed by atoms with E-state index in [2.05, 4.69) is 4.90 Å². The molecule has 0 radical (unpaired) electrons. The standard InChI is InChI=1S/C13H20N2O3S/c14-19(16,17)9-7-15(13-6-8-18-11-13)10-12-4-2-1-3-5-12/h1-5,13H,6-11H2,(H2,14,16,17). The Balaban J connectivity index is 2.01. The molecular weight excluding hydrogens is 264 g/mol. The molecule has 1 unspecified atom stereocenters. The van der Waals surface area contributed by atoms with Crippen molar-refractivity contribution in [1.82, 2.24) is 4.90 Å². The first-order valence-corrected chi connectivity index (χ1v) is 8.12. The van der Waals surface area contributed by atoms with Gasteiger partial charge in [-0.1, -0.05) is 30.3 Å². The summed E-state index contributed by atoms with van der Waals surface area (Å²) < 4.78 is 27.6. The highest BCUT2D eigenvalue weighted by Crippen LogP contribution is 2.15. The first kappa shape index (κ1) is 14.5. The minimum Gasteiger partial charge on any atom is -0.380 e. The van der Waals surface area contributed by atoms with Crippen molar-refractivity contribution in [3.05, 3.63) is 35.9 Å². The lowest BCUT2D eigenvalue weighted by Crippen LogP contribution is -2.39. The Hall–Kier alpha value is -0.950. The summed E-state index contributed by atoms with van der Waals surface area (Å²) in [5, 5.41) is 5.09. The fourth-order valence-electron chi connectivity index (χ4n) is 2.26. The zero-order chi connectivity index (χ0) is 13.7. The third kappa shape index (κ3) is 4.91. The third-order valence-corrected chi connectivity index (χ3v) is 4.07. The van der Waals surface area contributed by atoms with E-state index in [1.165, 1.54) is 5.56 Å². The molecule has 0 aromatic heterocycles. The van der Waals surface area contributed by atoms with Crippen LogP contribution in [-0.4, -0.2) is 44.9 Å². The molecule has 0 spiro atoms. The Labute approximate surface area is 114 Å². The second-order valence-electron chi connectivity index (χ2n) is 4.84. The zero-order valence-corrected chi connectivity index (χ0v) is 11.7. The van der Waals surface area contributed by atoms with Crippen LogP contribution >= 0.6 is 0 Å². The maximum Gasteiger partial charge on any atom is 0.210 e. The molecule has 0 bridgehead atoms. The van der Waals surface area contributed by atoms with Crippen LogP contribution in [-0.2, 0) is 21.3 Å². The van der Waals surface area contributed by atoms with Crippen molar-refractivity contribution < 1.29 is 13.2 Å². The van der Waals surface area contributed by atoms with Gasteiger partial charge in [0, 0.05) is 25.7 Å². The van der Waals surface area contributed by atoms with Gasteiger partial charge in [-0.05, 0) is 12.0 Å². The van der Waals surface area contributed by atoms with Crippen LogP contribution in [0.5, 0.6) is 0 Å². The average Bonchev–Trinajstić information content (AvgIpc) is 2.88. The predicted octanol–water partition coefficient (Wildman–Crippen LogP) is 0.566. The van der Waals surface area contributed by atoms with Crippen molar-refractivity contribution in [2.75, 3.05) is 25.5 Å². The van der Waals surface area contributed by atoms with Gasteiger partial charge in [-0.25, -0.2) is 13.6 Å². The molecule has 2 N–H and O–H groups in total. The van der Waals surface area contributed by atoms with Crippen molar-refractivity contribution in [3.8, 4) is 0 Å². The quantitative estimate of drug-likeness (QED) is 0.829. The molecule has 1 atom stereocenters. The molecule has 1 aliphatic rings. The summed E-state index contributed by atoms with van der Waals surface area (Å²) in [5.74, 6) is -0.0175. The monoisotopic (exact) mass is 284 g/mol. The lowest BCUT2D eigenvalue weighted by molar-refractivity contribution is 0.143. The van der Waals surface area contributed by atoms with Crippen molar-refractivity contribution in [2.45, 2.75) is 19.0 Å². The van der Waals surface area contributed by atoms with Crippen LogP contribution in [0, 0.1) is 0 Å². The van der Waals surface area contributed by atoms with E-state index >= 15 is 0 Å². The zero-order valence-electron chi connectivity index (χ0n) is 10.9. The fourth-order valence-corrected chi connectivity index (χ4v) is 2.75. The fraction of sp³-hybridized carbons (Fsp3) is 0.538. The van der Waals surface area contributed by atoms with Crippen LogP contribution in [0.3, 0.4) is 0 Å². The molecule has 0 amide bonds. The number of nitrogens with two attached hydrogens (primary N) is 1. The maximum absolute atomic E-state index is 11.1. The Morgan fingerprint density at radius 2 is 2.05 bits per heavy atom. The summed E-state index contributed by atoms with van der Waals surface area (Å²) in [4.78, 5) is 2.15. The molecule has 1 aliphatic heterocycles. The van der Waals surface area contributed by atoms with Gasteiger partial charge in [-0.15, -0.1) is 0 Å². The second kappa shape index (κ2) is 6.47. The second-order valence-corrected chi connectivity index (χ2v) is 6.57. The molecule has 19 heavy (non-hydrogen) atoms. The number of ether oxygens (including phenoxy) is 1. The minimum absolute atomic E-state index is 0.0175. The highest BCUT2D eigenvalue weighted by Gasteiger charge is 2.24. The molecule has 1 aromatic carbocycles. The SMILES string of the molecule is NS(=O)(=O)CCN(Cc1ccccc1)C1CCOC1. The van der Waals surface area contributed by atoms with Gasteiger partial charge >= 0.3 is 0 Å². The van der Waals surface area contributed by atoms with E-state index in [1.807, 2.05) is 30.3 Å². The molecule has 6 heteroatoms. The van der Waals surface area contributed by atoms with Crippen molar-refractivity contribution in [2.24, 2.45) is 5.14 Å². The van der Waals surface area contributed by atoms with Crippen molar-refractivity contribution in [1.29, 1.82) is 0 Å². The molecule has 1 heterocycles. The number of hydrogen-bond donors (Lipinski definition) is 1. The minimum atomic E-state index is -3.42. The van der Waals surface area contributed by atoms with Crippen LogP contribution in [0.1, 0.15) is 12.0 Å². The molecule has 1 aromatic rings. The van der Waals surface area contributed by atoms with E-state index in [0.717, 1.165) is 19.6 Å². The van der Waals surface area contributed by atoms with Crippen LogP contribution in [0.15, 0.2) is 30.3 Å². The number of nitrogens with zero attached hydrogens (tertiary/aromatic N) is 1. The topological polar surface area (TPSA) is 72.6 Å². The van der Waals surface area contributed by atoms with Crippen LogP contribution in [0.2, 0.25) is 0 Å². The highest BCUT2D eigenvalue weighted by molar-refractivity contribution is 7.89. The van der Waals surface area contributed by atoms with E-state index in [-0.39, 0.29) is 11.8 Å². The number of primary sulfonamides is 1. The van der Waals surface area contributed by atoms with E-state index in [1.54, 1.807) is 0 Å². The largest absolute Gasteiger partial charge is 0.380 e. The summed E-state index contributed by atoms with van der Waals surface area (Å²) >= 11 is 0. The van der Waals surface area contributed by atoms with Crippen molar-refractivity contribution >= 4 is 10.0 Å². The number of hydrogen-bond acceptors (Lipinski definition) is 4. The molecule has 0 saturated carbocycles. The smallest absolute Gasteiger partial charge is 0.210 e. The van der Waals surface area contributed by atoms with Gasteiger partial charge < -0.3 is 4.74 Å². The van der Waals surface area contributed by atoms with Gasteiger partial charge in [0.1, 0.15) is 0 Å². The highest BCUT2D eigenvalue weighted by atomic mass is 32.2. The number of rotatable bonds is 6. The first-order valence-electron chi connectivity index (χ1n) is 6.41. The molecule has 106 valence electrons. The number of sulfonamides is 1. The maximum atomic E-state index is 11.1. The number of benzene rings is 1. The summed E-state index contributed by atoms with van der Waals surface area (Å²) in [6.45, 7) is 2.58. The van der Waals surface area contributed by atoms with Gasteiger partial charge in [-0.2, -0.15) is 0 Å². The van der Waals surface area contributed by atoms with Gasteiger partial charge in [-0.3, -0.25) is 4.90 Å². The Morgan fingerprint density at radius 3 is 2.63 bits per heavy atom. The lowest BCUT2D eigenvalue weighted by Gasteiger charge is -2.27. The molecule has 2 rings (SSSR count). The predicted molar refractivity (Wildman–Crippen MR) is 74.1 cm³/mol. The van der Waals surface area contributed by atoms with E-state index in [4.69, 9.17) is 9.88 Å². The van der Waals surface area contributed by atoms with Crippen molar-refractivity contribution in [3.63, 3.8) is 0 Å². The van der Waals surface area contributed by atoms with E-state index < -0.39 is 10.0 Å². The van der Waals surface area contributed by atoms with E-state index in [9.17, 15) is 8.42 Å². The van der Waals surface area contributed by atoms with Gasteiger partial charge in [0.25, 0.3) is 0 Å². The normalized spacial score (nSPS) is 20.0. The summed E-state index contributed by atoms with van der Waals surface area (Å²) in [5.41, 5.74) is 1.17. The van der Waals surface area contributed by atoms with Crippen LogP contribution < -0.4 is 5.14 Å². The molecule has 5 nitrogen and oxygen atoms in total. The molecule has 1 fully saturated rings. The van der Waals surface area contributed by atoms with E-state index in [0.29, 0.717) is 13.2 Å². The lowest BCUT2D eigenvalue weighted by atomic mass is 10.1. The summed E-state index contributed by atoms with van der Waals surface area (Å²) in [7, 11) is -3.42. The third-order valence-electron chi connectivity index (χ3n) is 3.31. The van der Waals surface area contributed by atoms with Gasteiger partial charge in [0.15, 0.2) is 0 Å². The summed E-state index contributed by atoms with van der Waals surface area (Å²) in [6.07, 6.45) is 0.942. The van der Waals surface area contributed by atoms with Crippen LogP contribution in [0.4, 0.5) is 0 Å². The average molecular weight is 284 g/mol. The molecular formula is C13H20N2O3S. The molecule has 0 aliphatic carbocycles. The summed E-state index contributed by atoms with van der Waals surface area (Å²) in [6, 6.07) is 10.3. The Kier molecular flexibility index (Phi) is 4.93. The van der Waals surface area contributed by atoms with Crippen LogP contribution in [0.25, 0.3) is 0 Å². The Bertz CT molecular complexity index is 484. The van der Waals surface area contributed by atoms with Gasteiger partial charge in [0.05, 0.1) is 12.4 Å². The Morgan fingerprint density at radius 1 is 1.32 bits per heavy atom. The first-order chi connectivity index (χ1) is 9.04. The van der Waals surface area contributed by atoms with Gasteiger partial charge in [0.2, 0.25) is 10.0 Å². The molecule has 1 saturated heterocycles.